The predicted octanol–water partition coefficient (Wildman–Crippen LogP) is 4.63. The molecule has 0 aliphatic rings. The molecule has 2 heteroatoms. The van der Waals surface area contributed by atoms with Crippen molar-refractivity contribution in [1.29, 1.82) is 0 Å². The Morgan fingerprint density at radius 2 is 1.95 bits per heavy atom. The van der Waals surface area contributed by atoms with E-state index in [0.717, 1.165) is 23.7 Å². The molecule has 1 aromatic heterocycles. The van der Waals surface area contributed by atoms with Crippen molar-refractivity contribution < 1.29 is 0 Å². The molecule has 2 aromatic rings. The normalized spacial score (nSPS) is 14.4. The maximum Gasteiger partial charge on any atom is 0.0708 e. The first-order valence-electron chi connectivity index (χ1n) is 7.75. The van der Waals surface area contributed by atoms with Crippen molar-refractivity contribution in [3.8, 4) is 0 Å². The molecule has 20 heavy (non-hydrogen) atoms. The van der Waals surface area contributed by atoms with Crippen molar-refractivity contribution in [1.82, 2.24) is 10.3 Å². The maximum absolute atomic E-state index is 4.65. The third-order valence-corrected chi connectivity index (χ3v) is 4.04. The minimum atomic E-state index is 0.418. The summed E-state index contributed by atoms with van der Waals surface area (Å²) in [4.78, 5) is 4.65. The van der Waals surface area contributed by atoms with Gasteiger partial charge in [-0.2, -0.15) is 0 Å². The lowest BCUT2D eigenvalue weighted by atomic mass is 9.92. The Kier molecular flexibility index (Phi) is 5.13. The number of pyridine rings is 1. The van der Waals surface area contributed by atoms with E-state index in [2.05, 4.69) is 68.3 Å². The SMILES string of the molecule is CCNC(CC(C)CC)c1cc(C)nc2ccccc12. The Hall–Kier alpha value is -1.41. The van der Waals surface area contributed by atoms with E-state index < -0.39 is 0 Å². The Bertz CT molecular complexity index is 562. The third kappa shape index (κ3) is 3.37. The highest BCUT2D eigenvalue weighted by Crippen LogP contribution is 2.29. The summed E-state index contributed by atoms with van der Waals surface area (Å²) in [6, 6.07) is 11.1. The Morgan fingerprint density at radius 3 is 2.65 bits per heavy atom. The first-order chi connectivity index (χ1) is 9.65. The molecule has 2 nitrogen and oxygen atoms in total. The van der Waals surface area contributed by atoms with E-state index in [-0.39, 0.29) is 0 Å². The third-order valence-electron chi connectivity index (χ3n) is 4.04. The molecular formula is C18H26N2. The number of fused-ring (bicyclic) bond motifs is 1. The molecule has 0 radical (unpaired) electrons. The zero-order valence-electron chi connectivity index (χ0n) is 13.1. The number of hydrogen-bond acceptors (Lipinski definition) is 2. The van der Waals surface area contributed by atoms with E-state index in [4.69, 9.17) is 0 Å². The van der Waals surface area contributed by atoms with Gasteiger partial charge < -0.3 is 5.32 Å². The fourth-order valence-electron chi connectivity index (χ4n) is 2.76. The van der Waals surface area contributed by atoms with Crippen LogP contribution in [0.1, 0.15) is 50.9 Å². The highest BCUT2D eigenvalue weighted by molar-refractivity contribution is 5.82. The van der Waals surface area contributed by atoms with Gasteiger partial charge in [0.1, 0.15) is 0 Å². The van der Waals surface area contributed by atoms with E-state index in [0.29, 0.717) is 6.04 Å². The van der Waals surface area contributed by atoms with Crippen LogP contribution >= 0.6 is 0 Å². The molecular weight excluding hydrogens is 244 g/mol. The smallest absolute Gasteiger partial charge is 0.0708 e. The number of aryl methyl sites for hydroxylation is 1. The lowest BCUT2D eigenvalue weighted by Crippen LogP contribution is -2.23. The predicted molar refractivity (Wildman–Crippen MR) is 87.0 cm³/mol. The van der Waals surface area contributed by atoms with Gasteiger partial charge in [-0.05, 0) is 43.5 Å². The monoisotopic (exact) mass is 270 g/mol. The molecule has 108 valence electrons. The molecule has 0 spiro atoms. The zero-order chi connectivity index (χ0) is 14.5. The molecule has 0 bridgehead atoms. The standard InChI is InChI=1S/C18H26N2/c1-5-13(3)11-18(19-6-2)16-12-14(4)20-17-10-8-7-9-15(16)17/h7-10,12-13,18-19H,5-6,11H2,1-4H3. The fraction of sp³-hybridized carbons (Fsp3) is 0.500. The topological polar surface area (TPSA) is 24.9 Å². The van der Waals surface area contributed by atoms with Gasteiger partial charge in [0, 0.05) is 17.1 Å². The summed E-state index contributed by atoms with van der Waals surface area (Å²) in [5.41, 5.74) is 3.61. The molecule has 0 amide bonds. The van der Waals surface area contributed by atoms with Gasteiger partial charge in [-0.15, -0.1) is 0 Å². The summed E-state index contributed by atoms with van der Waals surface area (Å²) in [5.74, 6) is 0.728. The zero-order valence-corrected chi connectivity index (χ0v) is 13.1. The second-order valence-electron chi connectivity index (χ2n) is 5.73. The molecule has 0 saturated carbocycles. The van der Waals surface area contributed by atoms with Crippen molar-refractivity contribution in [3.05, 3.63) is 41.6 Å². The van der Waals surface area contributed by atoms with Crippen molar-refractivity contribution >= 4 is 10.9 Å². The summed E-state index contributed by atoms with van der Waals surface area (Å²) in [6.45, 7) is 9.86. The highest BCUT2D eigenvalue weighted by Gasteiger charge is 2.17. The van der Waals surface area contributed by atoms with Gasteiger partial charge in [0.2, 0.25) is 0 Å². The van der Waals surface area contributed by atoms with Gasteiger partial charge in [-0.3, -0.25) is 4.98 Å². The lowest BCUT2D eigenvalue weighted by molar-refractivity contribution is 0.410. The molecule has 0 aliphatic carbocycles. The second-order valence-corrected chi connectivity index (χ2v) is 5.73. The average Bonchev–Trinajstić information content (AvgIpc) is 2.45. The quantitative estimate of drug-likeness (QED) is 0.827. The molecule has 2 unspecified atom stereocenters. The van der Waals surface area contributed by atoms with E-state index in [1.807, 2.05) is 0 Å². The first kappa shape index (κ1) is 15.0. The summed E-state index contributed by atoms with van der Waals surface area (Å²) in [6.07, 6.45) is 2.40. The lowest BCUT2D eigenvalue weighted by Gasteiger charge is -2.23. The summed E-state index contributed by atoms with van der Waals surface area (Å²) in [7, 11) is 0. The van der Waals surface area contributed by atoms with Gasteiger partial charge in [0.25, 0.3) is 0 Å². The second kappa shape index (κ2) is 6.85. The molecule has 2 rings (SSSR count). The van der Waals surface area contributed by atoms with Crippen LogP contribution < -0.4 is 5.32 Å². The number of para-hydroxylation sites is 1. The largest absolute Gasteiger partial charge is 0.310 e. The van der Waals surface area contributed by atoms with Gasteiger partial charge in [-0.1, -0.05) is 45.4 Å². The van der Waals surface area contributed by atoms with Crippen LogP contribution in [0.15, 0.2) is 30.3 Å². The van der Waals surface area contributed by atoms with Gasteiger partial charge >= 0.3 is 0 Å². The highest BCUT2D eigenvalue weighted by atomic mass is 14.9. The van der Waals surface area contributed by atoms with Crippen molar-refractivity contribution in [2.75, 3.05) is 6.54 Å². The Labute approximate surface area is 122 Å². The number of aromatic nitrogens is 1. The van der Waals surface area contributed by atoms with Gasteiger partial charge in [-0.25, -0.2) is 0 Å². The number of nitrogens with zero attached hydrogens (tertiary/aromatic N) is 1. The molecule has 1 N–H and O–H groups in total. The Morgan fingerprint density at radius 1 is 1.20 bits per heavy atom. The summed E-state index contributed by atoms with van der Waals surface area (Å²) >= 11 is 0. The van der Waals surface area contributed by atoms with Gasteiger partial charge in [0.15, 0.2) is 0 Å². The average molecular weight is 270 g/mol. The molecule has 2 atom stereocenters. The van der Waals surface area contributed by atoms with Crippen LogP contribution in [0, 0.1) is 12.8 Å². The van der Waals surface area contributed by atoms with Crippen molar-refractivity contribution in [2.24, 2.45) is 5.92 Å². The van der Waals surface area contributed by atoms with Crippen LogP contribution in [-0.2, 0) is 0 Å². The molecule has 0 fully saturated rings. The van der Waals surface area contributed by atoms with E-state index in [9.17, 15) is 0 Å². The molecule has 0 saturated heterocycles. The van der Waals surface area contributed by atoms with E-state index in [1.54, 1.807) is 0 Å². The number of hydrogen-bond donors (Lipinski definition) is 1. The molecule has 1 aromatic carbocycles. The van der Waals surface area contributed by atoms with Crippen LogP contribution in [0.2, 0.25) is 0 Å². The first-order valence-corrected chi connectivity index (χ1v) is 7.75. The number of rotatable bonds is 6. The maximum atomic E-state index is 4.65. The van der Waals surface area contributed by atoms with Crippen LogP contribution in [-0.4, -0.2) is 11.5 Å². The molecule has 0 aliphatic heterocycles. The summed E-state index contributed by atoms with van der Waals surface area (Å²) in [5, 5.41) is 4.94. The van der Waals surface area contributed by atoms with Crippen molar-refractivity contribution in [2.45, 2.75) is 46.6 Å². The fourth-order valence-corrected chi connectivity index (χ4v) is 2.76. The van der Waals surface area contributed by atoms with E-state index in [1.165, 1.54) is 23.8 Å². The minimum absolute atomic E-state index is 0.418. The number of benzene rings is 1. The molecule has 1 heterocycles. The van der Waals surface area contributed by atoms with Crippen LogP contribution in [0.3, 0.4) is 0 Å². The van der Waals surface area contributed by atoms with Gasteiger partial charge in [0.05, 0.1) is 5.52 Å². The number of nitrogens with one attached hydrogen (secondary N) is 1. The van der Waals surface area contributed by atoms with Crippen LogP contribution in [0.25, 0.3) is 10.9 Å². The van der Waals surface area contributed by atoms with Crippen molar-refractivity contribution in [3.63, 3.8) is 0 Å². The van der Waals surface area contributed by atoms with E-state index >= 15 is 0 Å². The minimum Gasteiger partial charge on any atom is -0.310 e. The van der Waals surface area contributed by atoms with Crippen LogP contribution in [0.5, 0.6) is 0 Å². The Balaban J connectivity index is 2.46. The summed E-state index contributed by atoms with van der Waals surface area (Å²) < 4.78 is 0. The van der Waals surface area contributed by atoms with Crippen LogP contribution in [0.4, 0.5) is 0 Å².